The van der Waals surface area contributed by atoms with Crippen LogP contribution < -0.4 is 15.4 Å². The highest BCUT2D eigenvalue weighted by molar-refractivity contribution is 5.80. The summed E-state index contributed by atoms with van der Waals surface area (Å²) < 4.78 is 44.0. The number of alkyl halides is 3. The van der Waals surface area contributed by atoms with Crippen molar-refractivity contribution in [2.75, 3.05) is 11.9 Å². The molecule has 3 rings (SSSR count). The SMILES string of the molecule is O=C(CNc1cccc(C(F)(F)F)c1)NCc1ccnc(OC2CCCC2)c1. The van der Waals surface area contributed by atoms with Crippen molar-refractivity contribution < 1.29 is 22.7 Å². The summed E-state index contributed by atoms with van der Waals surface area (Å²) in [6.45, 7) is 0.157. The maximum absolute atomic E-state index is 12.7. The predicted octanol–water partition coefficient (Wildman–Crippen LogP) is 4.15. The second-order valence-electron chi connectivity index (χ2n) is 6.74. The molecule has 0 spiro atoms. The van der Waals surface area contributed by atoms with E-state index in [1.165, 1.54) is 25.0 Å². The minimum absolute atomic E-state index is 0.127. The summed E-state index contributed by atoms with van der Waals surface area (Å²) >= 11 is 0. The van der Waals surface area contributed by atoms with Gasteiger partial charge in [0.1, 0.15) is 6.10 Å². The number of carbonyl (C=O) groups is 1. The first kappa shape index (κ1) is 20.0. The molecule has 0 aliphatic heterocycles. The molecule has 150 valence electrons. The molecule has 8 heteroatoms. The Morgan fingerprint density at radius 1 is 1.18 bits per heavy atom. The van der Waals surface area contributed by atoms with Crippen molar-refractivity contribution in [3.05, 3.63) is 53.7 Å². The van der Waals surface area contributed by atoms with Gasteiger partial charge in [-0.1, -0.05) is 6.07 Å². The molecule has 1 aromatic carbocycles. The summed E-state index contributed by atoms with van der Waals surface area (Å²) in [6, 6.07) is 8.31. The van der Waals surface area contributed by atoms with Crippen LogP contribution in [0.4, 0.5) is 18.9 Å². The van der Waals surface area contributed by atoms with E-state index >= 15 is 0 Å². The fourth-order valence-electron chi connectivity index (χ4n) is 3.05. The van der Waals surface area contributed by atoms with E-state index in [2.05, 4.69) is 15.6 Å². The summed E-state index contributed by atoms with van der Waals surface area (Å²) in [4.78, 5) is 16.2. The molecule has 2 N–H and O–H groups in total. The summed E-state index contributed by atoms with van der Waals surface area (Å²) in [6.07, 6.45) is 1.81. The molecule has 1 amide bonds. The second kappa shape index (κ2) is 8.95. The molecule has 1 aromatic heterocycles. The van der Waals surface area contributed by atoms with Gasteiger partial charge in [-0.15, -0.1) is 0 Å². The van der Waals surface area contributed by atoms with Crippen LogP contribution in [-0.4, -0.2) is 23.5 Å². The van der Waals surface area contributed by atoms with Crippen LogP contribution in [0, 0.1) is 0 Å². The number of benzene rings is 1. The molecular weight excluding hydrogens is 371 g/mol. The molecule has 1 saturated carbocycles. The quantitative estimate of drug-likeness (QED) is 0.742. The first-order chi connectivity index (χ1) is 13.4. The van der Waals surface area contributed by atoms with E-state index < -0.39 is 11.7 Å². The molecule has 28 heavy (non-hydrogen) atoms. The van der Waals surface area contributed by atoms with Gasteiger partial charge in [-0.05, 0) is 55.5 Å². The Labute approximate surface area is 161 Å². The molecule has 2 aromatic rings. The molecule has 1 aliphatic carbocycles. The van der Waals surface area contributed by atoms with Crippen LogP contribution in [0.15, 0.2) is 42.6 Å². The summed E-state index contributed by atoms with van der Waals surface area (Å²) in [5.74, 6) is 0.216. The lowest BCUT2D eigenvalue weighted by Gasteiger charge is -2.13. The number of halogens is 3. The van der Waals surface area contributed by atoms with E-state index in [4.69, 9.17) is 4.74 Å². The molecule has 1 aliphatic rings. The smallest absolute Gasteiger partial charge is 0.416 e. The van der Waals surface area contributed by atoms with E-state index in [1.807, 2.05) is 0 Å². The van der Waals surface area contributed by atoms with Crippen LogP contribution >= 0.6 is 0 Å². The first-order valence-electron chi connectivity index (χ1n) is 9.19. The standard InChI is InChI=1S/C20H22F3N3O2/c21-20(22,23)15-4-3-5-16(11-15)25-13-18(27)26-12-14-8-9-24-19(10-14)28-17-6-1-2-7-17/h3-5,8-11,17,25H,1-2,6-7,12-13H2,(H,26,27). The number of pyridine rings is 1. The van der Waals surface area contributed by atoms with Crippen LogP contribution in [-0.2, 0) is 17.5 Å². The Kier molecular flexibility index (Phi) is 6.38. The first-order valence-corrected chi connectivity index (χ1v) is 9.19. The topological polar surface area (TPSA) is 63.2 Å². The van der Waals surface area contributed by atoms with Gasteiger partial charge in [-0.25, -0.2) is 4.98 Å². The molecule has 0 unspecified atom stereocenters. The molecule has 0 atom stereocenters. The van der Waals surface area contributed by atoms with Gasteiger partial charge in [0.25, 0.3) is 0 Å². The van der Waals surface area contributed by atoms with Crippen molar-refractivity contribution in [1.29, 1.82) is 0 Å². The van der Waals surface area contributed by atoms with Gasteiger partial charge >= 0.3 is 6.18 Å². The number of aromatic nitrogens is 1. The van der Waals surface area contributed by atoms with Gasteiger partial charge in [0, 0.05) is 24.5 Å². The Morgan fingerprint density at radius 3 is 2.71 bits per heavy atom. The summed E-state index contributed by atoms with van der Waals surface area (Å²) in [7, 11) is 0. The number of hydrogen-bond acceptors (Lipinski definition) is 4. The number of rotatable bonds is 7. The normalized spacial score (nSPS) is 14.7. The zero-order valence-electron chi connectivity index (χ0n) is 15.3. The van der Waals surface area contributed by atoms with Crippen LogP contribution in [0.2, 0.25) is 0 Å². The van der Waals surface area contributed by atoms with Crippen molar-refractivity contribution in [3.63, 3.8) is 0 Å². The van der Waals surface area contributed by atoms with Gasteiger partial charge in [-0.2, -0.15) is 13.2 Å². The van der Waals surface area contributed by atoms with Gasteiger partial charge < -0.3 is 15.4 Å². The number of amides is 1. The lowest BCUT2D eigenvalue weighted by atomic mass is 10.2. The third kappa shape index (κ3) is 5.87. The molecule has 0 radical (unpaired) electrons. The van der Waals surface area contributed by atoms with Crippen LogP contribution in [0.25, 0.3) is 0 Å². The summed E-state index contributed by atoms with van der Waals surface area (Å²) in [5, 5.41) is 5.43. The monoisotopic (exact) mass is 393 g/mol. The molecular formula is C20H22F3N3O2. The zero-order valence-corrected chi connectivity index (χ0v) is 15.3. The van der Waals surface area contributed by atoms with E-state index in [1.54, 1.807) is 18.3 Å². The van der Waals surface area contributed by atoms with E-state index in [0.717, 1.165) is 30.5 Å². The van der Waals surface area contributed by atoms with E-state index in [0.29, 0.717) is 5.88 Å². The Hall–Kier alpha value is -2.77. The van der Waals surface area contributed by atoms with Gasteiger partial charge in [-0.3, -0.25) is 4.79 Å². The Morgan fingerprint density at radius 2 is 1.96 bits per heavy atom. The minimum atomic E-state index is -4.42. The number of nitrogens with zero attached hydrogens (tertiary/aromatic N) is 1. The number of carbonyl (C=O) groups excluding carboxylic acids is 1. The molecule has 0 saturated heterocycles. The highest BCUT2D eigenvalue weighted by atomic mass is 19.4. The average molecular weight is 393 g/mol. The average Bonchev–Trinajstić information content (AvgIpc) is 3.17. The fraction of sp³-hybridized carbons (Fsp3) is 0.400. The van der Waals surface area contributed by atoms with Crippen molar-refractivity contribution in [2.24, 2.45) is 0 Å². The van der Waals surface area contributed by atoms with E-state index in [9.17, 15) is 18.0 Å². The largest absolute Gasteiger partial charge is 0.474 e. The Bertz CT molecular complexity index is 805. The minimum Gasteiger partial charge on any atom is -0.474 e. The lowest BCUT2D eigenvalue weighted by Crippen LogP contribution is -2.29. The Balaban J connectivity index is 1.47. The lowest BCUT2D eigenvalue weighted by molar-refractivity contribution is -0.137. The van der Waals surface area contributed by atoms with Gasteiger partial charge in [0.05, 0.1) is 12.1 Å². The number of anilines is 1. The number of nitrogens with one attached hydrogen (secondary N) is 2. The van der Waals surface area contributed by atoms with Crippen LogP contribution in [0.5, 0.6) is 5.88 Å². The van der Waals surface area contributed by atoms with Crippen molar-refractivity contribution >= 4 is 11.6 Å². The predicted molar refractivity (Wildman–Crippen MR) is 98.9 cm³/mol. The second-order valence-corrected chi connectivity index (χ2v) is 6.74. The van der Waals surface area contributed by atoms with Crippen molar-refractivity contribution in [3.8, 4) is 5.88 Å². The van der Waals surface area contributed by atoms with Crippen molar-refractivity contribution in [2.45, 2.75) is 44.5 Å². The molecule has 1 heterocycles. The third-order valence-electron chi connectivity index (χ3n) is 4.52. The number of hydrogen-bond donors (Lipinski definition) is 2. The summed E-state index contributed by atoms with van der Waals surface area (Å²) in [5.41, 5.74) is 0.320. The molecule has 1 fully saturated rings. The molecule has 5 nitrogen and oxygen atoms in total. The van der Waals surface area contributed by atoms with Gasteiger partial charge in [0.15, 0.2) is 0 Å². The van der Waals surface area contributed by atoms with Crippen LogP contribution in [0.3, 0.4) is 0 Å². The third-order valence-corrected chi connectivity index (χ3v) is 4.52. The zero-order chi connectivity index (χ0) is 20.0. The number of ether oxygens (including phenoxy) is 1. The maximum Gasteiger partial charge on any atom is 0.416 e. The van der Waals surface area contributed by atoms with Gasteiger partial charge in [0.2, 0.25) is 11.8 Å². The molecule has 0 bridgehead atoms. The highest BCUT2D eigenvalue weighted by Gasteiger charge is 2.30. The maximum atomic E-state index is 12.7. The van der Waals surface area contributed by atoms with Crippen molar-refractivity contribution in [1.82, 2.24) is 10.3 Å². The van der Waals surface area contributed by atoms with Crippen LogP contribution in [0.1, 0.15) is 36.8 Å². The fourth-order valence-corrected chi connectivity index (χ4v) is 3.05. The highest BCUT2D eigenvalue weighted by Crippen LogP contribution is 2.30. The van der Waals surface area contributed by atoms with E-state index in [-0.39, 0.29) is 30.8 Å².